The van der Waals surface area contributed by atoms with Crippen LogP contribution >= 0.6 is 15.9 Å². The number of amides is 1. The molecule has 1 N–H and O–H groups in total. The number of rotatable bonds is 4. The first-order valence-corrected chi connectivity index (χ1v) is 7.59. The third-order valence-corrected chi connectivity index (χ3v) is 3.75. The molecule has 1 aromatic rings. The Morgan fingerprint density at radius 2 is 2.11 bits per heavy atom. The second-order valence-electron chi connectivity index (χ2n) is 3.53. The number of carbonyl (C=O) groups is 1. The Bertz CT molecular complexity index is 599. The lowest BCUT2D eigenvalue weighted by molar-refractivity contribution is 0.0951. The van der Waals surface area contributed by atoms with Gasteiger partial charge in [0, 0.05) is 12.8 Å². The van der Waals surface area contributed by atoms with Gasteiger partial charge >= 0.3 is 0 Å². The van der Waals surface area contributed by atoms with Crippen molar-refractivity contribution < 1.29 is 13.2 Å². The van der Waals surface area contributed by atoms with Crippen molar-refractivity contribution in [1.29, 1.82) is 0 Å². The third-order valence-electron chi connectivity index (χ3n) is 1.95. The van der Waals surface area contributed by atoms with Crippen molar-refractivity contribution in [3.63, 3.8) is 0 Å². The van der Waals surface area contributed by atoms with Gasteiger partial charge < -0.3 is 5.32 Å². The zero-order valence-electron chi connectivity index (χ0n) is 9.90. The summed E-state index contributed by atoms with van der Waals surface area (Å²) in [6, 6.07) is 0. The van der Waals surface area contributed by atoms with Crippen molar-refractivity contribution in [2.75, 3.05) is 12.8 Å². The van der Waals surface area contributed by atoms with Crippen molar-refractivity contribution in [2.24, 2.45) is 0 Å². The zero-order chi connectivity index (χ0) is 13.9. The molecule has 0 saturated carbocycles. The molecular formula is C10H12BrN3O3S. The van der Waals surface area contributed by atoms with Crippen LogP contribution < -0.4 is 5.32 Å². The van der Waals surface area contributed by atoms with Crippen LogP contribution in [0.25, 0.3) is 0 Å². The number of hydrogen-bond acceptors (Lipinski definition) is 5. The zero-order valence-corrected chi connectivity index (χ0v) is 12.3. The van der Waals surface area contributed by atoms with Gasteiger partial charge in [0.1, 0.15) is 5.69 Å². The van der Waals surface area contributed by atoms with E-state index in [2.05, 4.69) is 37.8 Å². The molecule has 1 rings (SSSR count). The molecule has 8 heteroatoms. The minimum absolute atomic E-state index is 0.00947. The second kappa shape index (κ2) is 5.57. The number of sulfone groups is 1. The van der Waals surface area contributed by atoms with E-state index in [0.717, 1.165) is 6.26 Å². The molecule has 0 spiro atoms. The molecule has 0 radical (unpaired) electrons. The number of halogens is 1. The van der Waals surface area contributed by atoms with E-state index in [9.17, 15) is 13.2 Å². The molecule has 6 nitrogen and oxygen atoms in total. The Labute approximate surface area is 114 Å². The maximum atomic E-state index is 11.8. The van der Waals surface area contributed by atoms with Crippen LogP contribution in [0.1, 0.15) is 16.2 Å². The first kappa shape index (κ1) is 14.8. The molecule has 0 aliphatic carbocycles. The fraction of sp³-hybridized carbons (Fsp3) is 0.300. The minimum atomic E-state index is -3.56. The largest absolute Gasteiger partial charge is 0.347 e. The van der Waals surface area contributed by atoms with Gasteiger partial charge in [0.15, 0.2) is 0 Å². The van der Waals surface area contributed by atoms with Crippen LogP contribution in [-0.4, -0.2) is 37.1 Å². The number of nitrogens with one attached hydrogen (secondary N) is 1. The maximum absolute atomic E-state index is 11.8. The van der Waals surface area contributed by atoms with Gasteiger partial charge in [-0.1, -0.05) is 6.08 Å². The molecule has 0 atom stereocenters. The Morgan fingerprint density at radius 1 is 1.50 bits per heavy atom. The van der Waals surface area contributed by atoms with Crippen LogP contribution in [0.4, 0.5) is 0 Å². The quantitative estimate of drug-likeness (QED) is 0.652. The van der Waals surface area contributed by atoms with Gasteiger partial charge in [-0.25, -0.2) is 18.4 Å². The predicted molar refractivity (Wildman–Crippen MR) is 70.1 cm³/mol. The average molecular weight is 334 g/mol. The lowest BCUT2D eigenvalue weighted by Gasteiger charge is -2.07. The van der Waals surface area contributed by atoms with E-state index < -0.39 is 15.7 Å². The van der Waals surface area contributed by atoms with Crippen molar-refractivity contribution in [3.8, 4) is 0 Å². The second-order valence-corrected chi connectivity index (χ2v) is 6.23. The average Bonchev–Trinajstić information content (AvgIpc) is 2.27. The van der Waals surface area contributed by atoms with E-state index in [-0.39, 0.29) is 17.4 Å². The van der Waals surface area contributed by atoms with Crippen molar-refractivity contribution in [1.82, 2.24) is 15.3 Å². The lowest BCUT2D eigenvalue weighted by atomic mass is 10.3. The van der Waals surface area contributed by atoms with Crippen molar-refractivity contribution in [2.45, 2.75) is 12.1 Å². The summed E-state index contributed by atoms with van der Waals surface area (Å²) >= 11 is 3.17. The normalized spacial score (nSPS) is 11.1. The first-order valence-electron chi connectivity index (χ1n) is 4.90. The van der Waals surface area contributed by atoms with Gasteiger partial charge in [0.25, 0.3) is 5.91 Å². The number of carbonyl (C=O) groups excluding carboxylic acids is 1. The highest BCUT2D eigenvalue weighted by molar-refractivity contribution is 9.10. The van der Waals surface area contributed by atoms with Gasteiger partial charge in [-0.05, 0) is 22.9 Å². The summed E-state index contributed by atoms with van der Waals surface area (Å²) in [5.74, 6) is -0.489. The molecule has 0 unspecified atom stereocenters. The van der Waals surface area contributed by atoms with E-state index >= 15 is 0 Å². The van der Waals surface area contributed by atoms with E-state index in [1.54, 1.807) is 6.92 Å². The van der Waals surface area contributed by atoms with Crippen LogP contribution in [0.2, 0.25) is 0 Å². The highest BCUT2D eigenvalue weighted by Gasteiger charge is 2.20. The Morgan fingerprint density at radius 3 is 2.61 bits per heavy atom. The smallest absolute Gasteiger partial charge is 0.271 e. The number of hydrogen-bond donors (Lipinski definition) is 1. The molecule has 0 aliphatic rings. The van der Waals surface area contributed by atoms with Crippen LogP contribution in [0.3, 0.4) is 0 Å². The Kier molecular flexibility index (Phi) is 4.58. The molecule has 0 aromatic carbocycles. The number of nitrogens with zero attached hydrogens (tertiary/aromatic N) is 2. The summed E-state index contributed by atoms with van der Waals surface area (Å²) in [5.41, 5.74) is 0.374. The fourth-order valence-corrected chi connectivity index (χ4v) is 2.02. The molecule has 1 heterocycles. The maximum Gasteiger partial charge on any atom is 0.271 e. The van der Waals surface area contributed by atoms with Crippen molar-refractivity contribution in [3.05, 3.63) is 28.5 Å². The van der Waals surface area contributed by atoms with Gasteiger partial charge in [-0.2, -0.15) is 0 Å². The number of aryl methyl sites for hydroxylation is 1. The van der Waals surface area contributed by atoms with Crippen LogP contribution in [-0.2, 0) is 9.84 Å². The predicted octanol–water partition coefficient (Wildman–Crippen LogP) is 0.867. The standard InChI is InChI=1S/C10H12BrN3O3S/c1-4-5-12-9(15)8-7(11)6(2)13-10(14-8)18(3,16)17/h4H,1,5H2,2-3H3,(H,12,15). The van der Waals surface area contributed by atoms with Crippen LogP contribution in [0.5, 0.6) is 0 Å². The SMILES string of the molecule is C=CCNC(=O)c1nc(S(C)(=O)=O)nc(C)c1Br. The van der Waals surface area contributed by atoms with Gasteiger partial charge in [0.2, 0.25) is 15.0 Å². The van der Waals surface area contributed by atoms with E-state index in [0.29, 0.717) is 10.2 Å². The third kappa shape index (κ3) is 3.36. The molecular weight excluding hydrogens is 322 g/mol. The molecule has 0 saturated heterocycles. The van der Waals surface area contributed by atoms with Gasteiger partial charge in [0.05, 0.1) is 10.2 Å². The van der Waals surface area contributed by atoms with E-state index in [1.807, 2.05) is 0 Å². The van der Waals surface area contributed by atoms with E-state index in [4.69, 9.17) is 0 Å². The molecule has 18 heavy (non-hydrogen) atoms. The molecule has 1 amide bonds. The molecule has 98 valence electrons. The molecule has 1 aromatic heterocycles. The van der Waals surface area contributed by atoms with Crippen LogP contribution in [0, 0.1) is 6.92 Å². The topological polar surface area (TPSA) is 89.0 Å². The summed E-state index contributed by atoms with van der Waals surface area (Å²) < 4.78 is 23.2. The highest BCUT2D eigenvalue weighted by Crippen LogP contribution is 2.19. The summed E-state index contributed by atoms with van der Waals surface area (Å²) in [6.07, 6.45) is 2.50. The lowest BCUT2D eigenvalue weighted by Crippen LogP contribution is -2.26. The fourth-order valence-electron chi connectivity index (χ4n) is 1.10. The summed E-state index contributed by atoms with van der Waals surface area (Å²) in [7, 11) is -3.56. The summed E-state index contributed by atoms with van der Waals surface area (Å²) in [5, 5.41) is 2.15. The Balaban J connectivity index is 3.31. The minimum Gasteiger partial charge on any atom is -0.347 e. The summed E-state index contributed by atoms with van der Waals surface area (Å²) in [4.78, 5) is 19.4. The Hall–Kier alpha value is -1.28. The van der Waals surface area contributed by atoms with Gasteiger partial charge in [-0.15, -0.1) is 6.58 Å². The molecule has 0 aliphatic heterocycles. The highest BCUT2D eigenvalue weighted by atomic mass is 79.9. The summed E-state index contributed by atoms with van der Waals surface area (Å²) in [6.45, 7) is 5.32. The first-order chi connectivity index (χ1) is 8.27. The van der Waals surface area contributed by atoms with E-state index in [1.165, 1.54) is 6.08 Å². The molecule has 0 fully saturated rings. The van der Waals surface area contributed by atoms with Crippen LogP contribution in [0.15, 0.2) is 22.3 Å². The molecule has 0 bridgehead atoms. The monoisotopic (exact) mass is 333 g/mol. The van der Waals surface area contributed by atoms with Gasteiger partial charge in [-0.3, -0.25) is 4.79 Å². The number of aromatic nitrogens is 2. The van der Waals surface area contributed by atoms with Crippen molar-refractivity contribution >= 4 is 31.7 Å².